The zero-order valence-corrected chi connectivity index (χ0v) is 17.4. The molecule has 148 valence electrons. The lowest BCUT2D eigenvalue weighted by Crippen LogP contribution is -2.45. The molecule has 2 fully saturated rings. The number of piperidine rings is 1. The molecule has 1 unspecified atom stereocenters. The van der Waals surface area contributed by atoms with E-state index in [-0.39, 0.29) is 5.41 Å². The van der Waals surface area contributed by atoms with Gasteiger partial charge in [-0.3, -0.25) is 4.79 Å². The minimum atomic E-state index is -0.0995. The molecule has 5 rings (SSSR count). The first-order chi connectivity index (χ1) is 13.8. The SMILES string of the molecule is O=C1N(c2ccccc2)CCC12CCN(CCC1CCCc3sccc31)CC2. The number of carbonyl (C=O) groups is 1. The summed E-state index contributed by atoms with van der Waals surface area (Å²) in [7, 11) is 0. The average molecular weight is 395 g/mol. The van der Waals surface area contributed by atoms with Crippen molar-refractivity contribution in [2.75, 3.05) is 31.1 Å². The second kappa shape index (κ2) is 7.64. The predicted molar refractivity (Wildman–Crippen MR) is 116 cm³/mol. The van der Waals surface area contributed by atoms with Crippen molar-refractivity contribution in [3.8, 4) is 0 Å². The van der Waals surface area contributed by atoms with Crippen molar-refractivity contribution in [3.05, 3.63) is 52.2 Å². The van der Waals surface area contributed by atoms with Gasteiger partial charge in [-0.1, -0.05) is 18.2 Å². The highest BCUT2D eigenvalue weighted by Gasteiger charge is 2.48. The zero-order valence-electron chi connectivity index (χ0n) is 16.6. The quantitative estimate of drug-likeness (QED) is 0.722. The summed E-state index contributed by atoms with van der Waals surface area (Å²) in [5.41, 5.74) is 2.60. The van der Waals surface area contributed by atoms with E-state index in [1.54, 1.807) is 10.4 Å². The van der Waals surface area contributed by atoms with E-state index in [9.17, 15) is 4.79 Å². The van der Waals surface area contributed by atoms with Gasteiger partial charge in [0.1, 0.15) is 0 Å². The number of hydrogen-bond donors (Lipinski definition) is 0. The fourth-order valence-corrected chi connectivity index (χ4v) is 6.58. The maximum absolute atomic E-state index is 13.2. The first-order valence-electron chi connectivity index (χ1n) is 10.9. The predicted octanol–water partition coefficient (Wildman–Crippen LogP) is 5.08. The van der Waals surface area contributed by atoms with Gasteiger partial charge in [0.15, 0.2) is 0 Å². The largest absolute Gasteiger partial charge is 0.312 e. The highest BCUT2D eigenvalue weighted by atomic mass is 32.1. The lowest BCUT2D eigenvalue weighted by molar-refractivity contribution is -0.128. The second-order valence-electron chi connectivity index (χ2n) is 8.84. The van der Waals surface area contributed by atoms with E-state index in [2.05, 4.69) is 28.5 Å². The number of rotatable bonds is 4. The van der Waals surface area contributed by atoms with Crippen LogP contribution < -0.4 is 4.90 Å². The topological polar surface area (TPSA) is 23.6 Å². The molecule has 1 spiro atoms. The van der Waals surface area contributed by atoms with Gasteiger partial charge in [0.25, 0.3) is 0 Å². The van der Waals surface area contributed by atoms with Crippen LogP contribution >= 0.6 is 11.3 Å². The summed E-state index contributed by atoms with van der Waals surface area (Å²) in [6.07, 6.45) is 8.36. The van der Waals surface area contributed by atoms with Crippen LogP contribution in [0.2, 0.25) is 0 Å². The number of thiophene rings is 1. The highest BCUT2D eigenvalue weighted by Crippen LogP contribution is 2.43. The summed E-state index contributed by atoms with van der Waals surface area (Å²) in [5.74, 6) is 1.13. The Morgan fingerprint density at radius 1 is 1.04 bits per heavy atom. The van der Waals surface area contributed by atoms with Crippen molar-refractivity contribution in [2.45, 2.75) is 50.9 Å². The molecule has 3 nitrogen and oxygen atoms in total. The number of carbonyl (C=O) groups excluding carboxylic acids is 1. The molecule has 2 aliphatic heterocycles. The third-order valence-corrected chi connectivity index (χ3v) is 8.36. The van der Waals surface area contributed by atoms with E-state index >= 15 is 0 Å². The molecular formula is C24H30N2OS. The number of amides is 1. The Bertz CT molecular complexity index is 822. The number of nitrogens with zero attached hydrogens (tertiary/aromatic N) is 2. The summed E-state index contributed by atoms with van der Waals surface area (Å²) < 4.78 is 0. The zero-order chi connectivity index (χ0) is 19.0. The monoisotopic (exact) mass is 394 g/mol. The van der Waals surface area contributed by atoms with Crippen molar-refractivity contribution in [3.63, 3.8) is 0 Å². The highest BCUT2D eigenvalue weighted by molar-refractivity contribution is 7.10. The van der Waals surface area contributed by atoms with E-state index in [1.165, 1.54) is 32.2 Å². The second-order valence-corrected chi connectivity index (χ2v) is 9.84. The van der Waals surface area contributed by atoms with Gasteiger partial charge in [-0.15, -0.1) is 11.3 Å². The van der Waals surface area contributed by atoms with E-state index < -0.39 is 0 Å². The molecule has 2 saturated heterocycles. The summed E-state index contributed by atoms with van der Waals surface area (Å²) in [6.45, 7) is 4.23. The third kappa shape index (κ3) is 3.31. The number of hydrogen-bond acceptors (Lipinski definition) is 3. The third-order valence-electron chi connectivity index (χ3n) is 7.36. The Morgan fingerprint density at radius 3 is 2.64 bits per heavy atom. The van der Waals surface area contributed by atoms with Crippen LogP contribution in [0.3, 0.4) is 0 Å². The van der Waals surface area contributed by atoms with Crippen molar-refractivity contribution in [1.29, 1.82) is 0 Å². The summed E-state index contributed by atoms with van der Waals surface area (Å²) in [6, 6.07) is 12.6. The van der Waals surface area contributed by atoms with Crippen LogP contribution in [0.5, 0.6) is 0 Å². The fourth-order valence-electron chi connectivity index (χ4n) is 5.56. The molecule has 28 heavy (non-hydrogen) atoms. The molecule has 0 saturated carbocycles. The Hall–Kier alpha value is -1.65. The molecule has 1 aromatic carbocycles. The van der Waals surface area contributed by atoms with Crippen LogP contribution in [0.4, 0.5) is 5.69 Å². The van der Waals surface area contributed by atoms with Gasteiger partial charge in [-0.25, -0.2) is 0 Å². The van der Waals surface area contributed by atoms with Crippen molar-refractivity contribution in [2.24, 2.45) is 5.41 Å². The van der Waals surface area contributed by atoms with E-state index in [4.69, 9.17) is 0 Å². The standard InChI is InChI=1S/C24H30N2OS/c27-23-24(13-17-26(23)20-6-2-1-3-7-20)11-15-25(16-12-24)14-9-19-5-4-8-22-21(19)10-18-28-22/h1-3,6-7,10,18-19H,4-5,8-9,11-17H2. The first kappa shape index (κ1) is 18.4. The summed E-state index contributed by atoms with van der Waals surface area (Å²) >= 11 is 1.95. The molecule has 1 aliphatic carbocycles. The summed E-state index contributed by atoms with van der Waals surface area (Å²) in [4.78, 5) is 19.5. The van der Waals surface area contributed by atoms with Gasteiger partial charge < -0.3 is 9.80 Å². The molecule has 0 bridgehead atoms. The minimum Gasteiger partial charge on any atom is -0.312 e. The number of likely N-dealkylation sites (tertiary alicyclic amines) is 1. The van der Waals surface area contributed by atoms with Gasteiger partial charge in [-0.05, 0) is 99.6 Å². The van der Waals surface area contributed by atoms with Crippen LogP contribution in [0.15, 0.2) is 41.8 Å². The summed E-state index contributed by atoms with van der Waals surface area (Å²) in [5, 5.41) is 2.28. The fraction of sp³-hybridized carbons (Fsp3) is 0.542. The molecular weight excluding hydrogens is 364 g/mol. The minimum absolute atomic E-state index is 0.0995. The smallest absolute Gasteiger partial charge is 0.233 e. The van der Waals surface area contributed by atoms with Gasteiger partial charge >= 0.3 is 0 Å². The Kier molecular flexibility index (Phi) is 5.02. The molecule has 2 aromatic rings. The average Bonchev–Trinajstić information content (AvgIpc) is 3.34. The number of anilines is 1. The number of para-hydroxylation sites is 1. The molecule has 0 N–H and O–H groups in total. The van der Waals surface area contributed by atoms with Gasteiger partial charge in [0, 0.05) is 17.1 Å². The van der Waals surface area contributed by atoms with Crippen LogP contribution in [-0.4, -0.2) is 37.0 Å². The van der Waals surface area contributed by atoms with Crippen molar-refractivity contribution < 1.29 is 4.79 Å². The van der Waals surface area contributed by atoms with Crippen LogP contribution in [0.25, 0.3) is 0 Å². The number of benzene rings is 1. The first-order valence-corrected chi connectivity index (χ1v) is 11.8. The van der Waals surface area contributed by atoms with E-state index in [0.29, 0.717) is 5.91 Å². The van der Waals surface area contributed by atoms with E-state index in [0.717, 1.165) is 50.5 Å². The van der Waals surface area contributed by atoms with Crippen LogP contribution in [-0.2, 0) is 11.2 Å². The molecule has 4 heteroatoms. The van der Waals surface area contributed by atoms with Crippen LogP contribution in [0, 0.1) is 5.41 Å². The van der Waals surface area contributed by atoms with Gasteiger partial charge in [0.2, 0.25) is 5.91 Å². The molecule has 1 aromatic heterocycles. The van der Waals surface area contributed by atoms with Crippen molar-refractivity contribution in [1.82, 2.24) is 4.90 Å². The molecule has 1 amide bonds. The molecule has 3 aliphatic rings. The maximum atomic E-state index is 13.2. The molecule has 3 heterocycles. The van der Waals surface area contributed by atoms with E-state index in [1.807, 2.05) is 34.4 Å². The molecule has 1 atom stereocenters. The van der Waals surface area contributed by atoms with Crippen LogP contribution in [0.1, 0.15) is 54.9 Å². The number of aryl methyl sites for hydroxylation is 1. The lowest BCUT2D eigenvalue weighted by Gasteiger charge is -2.38. The molecule has 0 radical (unpaired) electrons. The Morgan fingerprint density at radius 2 is 1.82 bits per heavy atom. The number of fused-ring (bicyclic) bond motifs is 1. The van der Waals surface area contributed by atoms with Gasteiger partial charge in [0.05, 0.1) is 5.41 Å². The van der Waals surface area contributed by atoms with Crippen molar-refractivity contribution >= 4 is 22.9 Å². The normalized spacial score (nSPS) is 24.6. The Labute approximate surface area is 172 Å². The maximum Gasteiger partial charge on any atom is 0.233 e. The van der Waals surface area contributed by atoms with Gasteiger partial charge in [-0.2, -0.15) is 0 Å². The lowest BCUT2D eigenvalue weighted by atomic mass is 9.77. The Balaban J connectivity index is 1.17.